The van der Waals surface area contributed by atoms with Gasteiger partial charge in [0.1, 0.15) is 5.75 Å². The first kappa shape index (κ1) is 24.3. The van der Waals surface area contributed by atoms with E-state index in [1.807, 2.05) is 25.1 Å². The highest BCUT2D eigenvalue weighted by Gasteiger charge is 2.10. The van der Waals surface area contributed by atoms with Gasteiger partial charge in [0.2, 0.25) is 0 Å². The van der Waals surface area contributed by atoms with Crippen LogP contribution in [0.2, 0.25) is 0 Å². The van der Waals surface area contributed by atoms with E-state index in [0.29, 0.717) is 19.7 Å². The number of nitrogens with zero attached hydrogens (tertiary/aromatic N) is 2. The first-order valence-corrected chi connectivity index (χ1v) is 10.4. The SMILES string of the molecule is CCNC(=NCc1ccc(N2CCOCC2)cc1)NCc1ccccc1OCC.I. The van der Waals surface area contributed by atoms with Crippen molar-refractivity contribution >= 4 is 35.6 Å². The number of halogens is 1. The number of para-hydroxylation sites is 1. The van der Waals surface area contributed by atoms with Gasteiger partial charge in [-0.1, -0.05) is 30.3 Å². The Kier molecular flexibility index (Phi) is 10.8. The third-order valence-corrected chi connectivity index (χ3v) is 4.80. The molecule has 0 spiro atoms. The molecule has 1 aliphatic rings. The lowest BCUT2D eigenvalue weighted by Crippen LogP contribution is -2.37. The second-order valence-corrected chi connectivity index (χ2v) is 6.86. The second kappa shape index (κ2) is 13.3. The van der Waals surface area contributed by atoms with Gasteiger partial charge in [0.15, 0.2) is 5.96 Å². The molecule has 2 N–H and O–H groups in total. The smallest absolute Gasteiger partial charge is 0.191 e. The van der Waals surface area contributed by atoms with Crippen LogP contribution in [0.15, 0.2) is 53.5 Å². The highest BCUT2D eigenvalue weighted by molar-refractivity contribution is 14.0. The predicted octanol–water partition coefficient (Wildman–Crippen LogP) is 3.80. The van der Waals surface area contributed by atoms with E-state index in [2.05, 4.69) is 52.8 Å². The predicted molar refractivity (Wildman–Crippen MR) is 134 cm³/mol. The van der Waals surface area contributed by atoms with Gasteiger partial charge in [-0.3, -0.25) is 0 Å². The minimum absolute atomic E-state index is 0. The minimum Gasteiger partial charge on any atom is -0.494 e. The van der Waals surface area contributed by atoms with Gasteiger partial charge in [-0.2, -0.15) is 0 Å². The maximum atomic E-state index is 5.71. The van der Waals surface area contributed by atoms with E-state index in [-0.39, 0.29) is 24.0 Å². The molecule has 0 radical (unpaired) electrons. The topological polar surface area (TPSA) is 58.1 Å². The first-order chi connectivity index (χ1) is 14.3. The van der Waals surface area contributed by atoms with Crippen molar-refractivity contribution < 1.29 is 9.47 Å². The molecule has 1 saturated heterocycles. The highest BCUT2D eigenvalue weighted by atomic mass is 127. The molecule has 164 valence electrons. The number of anilines is 1. The molecule has 2 aromatic rings. The largest absolute Gasteiger partial charge is 0.494 e. The van der Waals surface area contributed by atoms with Gasteiger partial charge in [0.25, 0.3) is 0 Å². The number of ether oxygens (including phenoxy) is 2. The average Bonchev–Trinajstić information content (AvgIpc) is 2.78. The molecule has 0 unspecified atom stereocenters. The summed E-state index contributed by atoms with van der Waals surface area (Å²) in [6.45, 7) is 10.4. The third kappa shape index (κ3) is 7.36. The molecular formula is C23H33IN4O2. The van der Waals surface area contributed by atoms with Gasteiger partial charge in [-0.15, -0.1) is 24.0 Å². The Morgan fingerprint density at radius 1 is 1.03 bits per heavy atom. The fraction of sp³-hybridized carbons (Fsp3) is 0.435. The summed E-state index contributed by atoms with van der Waals surface area (Å²) in [5.74, 6) is 1.72. The van der Waals surface area contributed by atoms with Gasteiger partial charge in [-0.25, -0.2) is 4.99 Å². The van der Waals surface area contributed by atoms with Crippen LogP contribution in [0, 0.1) is 0 Å². The van der Waals surface area contributed by atoms with Crippen molar-refractivity contribution in [3.63, 3.8) is 0 Å². The van der Waals surface area contributed by atoms with E-state index in [4.69, 9.17) is 14.5 Å². The molecule has 6 nitrogen and oxygen atoms in total. The Hall–Kier alpha value is -2.00. The van der Waals surface area contributed by atoms with Crippen LogP contribution in [-0.2, 0) is 17.8 Å². The summed E-state index contributed by atoms with van der Waals surface area (Å²) in [4.78, 5) is 7.10. The summed E-state index contributed by atoms with van der Waals surface area (Å²) >= 11 is 0. The molecule has 3 rings (SSSR count). The summed E-state index contributed by atoms with van der Waals surface area (Å²) in [7, 11) is 0. The number of benzene rings is 2. The standard InChI is InChI=1S/C23H32N4O2.HI/c1-3-24-23(26-18-20-7-5-6-8-22(20)29-4-2)25-17-19-9-11-21(12-10-19)27-13-15-28-16-14-27;/h5-12H,3-4,13-18H2,1-2H3,(H2,24,25,26);1H. The van der Waals surface area contributed by atoms with Crippen LogP contribution in [0.4, 0.5) is 5.69 Å². The molecule has 0 atom stereocenters. The second-order valence-electron chi connectivity index (χ2n) is 6.86. The molecule has 0 aromatic heterocycles. The van der Waals surface area contributed by atoms with Gasteiger partial charge >= 0.3 is 0 Å². The van der Waals surface area contributed by atoms with Crippen LogP contribution in [0.1, 0.15) is 25.0 Å². The van der Waals surface area contributed by atoms with E-state index in [9.17, 15) is 0 Å². The van der Waals surface area contributed by atoms with Crippen molar-refractivity contribution in [3.8, 4) is 5.75 Å². The summed E-state index contributed by atoms with van der Waals surface area (Å²) in [6, 6.07) is 16.8. The maximum Gasteiger partial charge on any atom is 0.191 e. The molecule has 7 heteroatoms. The van der Waals surface area contributed by atoms with Crippen molar-refractivity contribution in [3.05, 3.63) is 59.7 Å². The molecule has 1 fully saturated rings. The van der Waals surface area contributed by atoms with E-state index < -0.39 is 0 Å². The molecule has 0 saturated carbocycles. The zero-order valence-electron chi connectivity index (χ0n) is 17.9. The number of hydrogen-bond donors (Lipinski definition) is 2. The summed E-state index contributed by atoms with van der Waals surface area (Å²) < 4.78 is 11.1. The Morgan fingerprint density at radius 3 is 2.47 bits per heavy atom. The Morgan fingerprint density at radius 2 is 1.77 bits per heavy atom. The van der Waals surface area contributed by atoms with Crippen molar-refractivity contribution in [1.29, 1.82) is 0 Å². The number of morpholine rings is 1. The van der Waals surface area contributed by atoms with Crippen LogP contribution >= 0.6 is 24.0 Å². The Bertz CT molecular complexity index is 777. The van der Waals surface area contributed by atoms with E-state index in [1.54, 1.807) is 0 Å². The van der Waals surface area contributed by atoms with Crippen molar-refractivity contribution in [2.45, 2.75) is 26.9 Å². The van der Waals surface area contributed by atoms with Crippen LogP contribution in [-0.4, -0.2) is 45.4 Å². The van der Waals surface area contributed by atoms with Crippen molar-refractivity contribution in [2.75, 3.05) is 44.4 Å². The van der Waals surface area contributed by atoms with Crippen LogP contribution in [0.3, 0.4) is 0 Å². The lowest BCUT2D eigenvalue weighted by molar-refractivity contribution is 0.122. The molecule has 1 heterocycles. The van der Waals surface area contributed by atoms with E-state index in [0.717, 1.165) is 50.1 Å². The molecular weight excluding hydrogens is 491 g/mol. The number of rotatable bonds is 8. The zero-order valence-corrected chi connectivity index (χ0v) is 20.2. The van der Waals surface area contributed by atoms with Gasteiger partial charge in [-0.05, 0) is 37.6 Å². The number of nitrogens with one attached hydrogen (secondary N) is 2. The van der Waals surface area contributed by atoms with Crippen LogP contribution in [0.25, 0.3) is 0 Å². The van der Waals surface area contributed by atoms with Crippen molar-refractivity contribution in [1.82, 2.24) is 10.6 Å². The minimum atomic E-state index is 0. The molecule has 0 bridgehead atoms. The van der Waals surface area contributed by atoms with Gasteiger partial charge < -0.3 is 25.0 Å². The fourth-order valence-corrected chi connectivity index (χ4v) is 3.27. The Labute approximate surface area is 197 Å². The quantitative estimate of drug-likeness (QED) is 0.313. The zero-order chi connectivity index (χ0) is 20.3. The molecule has 30 heavy (non-hydrogen) atoms. The molecule has 1 aliphatic heterocycles. The number of aliphatic imine (C=N–C) groups is 1. The van der Waals surface area contributed by atoms with Crippen LogP contribution < -0.4 is 20.3 Å². The average molecular weight is 524 g/mol. The fourth-order valence-electron chi connectivity index (χ4n) is 3.27. The monoisotopic (exact) mass is 524 g/mol. The summed E-state index contributed by atoms with van der Waals surface area (Å²) in [5, 5.41) is 6.72. The first-order valence-electron chi connectivity index (χ1n) is 10.4. The lowest BCUT2D eigenvalue weighted by Gasteiger charge is -2.28. The van der Waals surface area contributed by atoms with Gasteiger partial charge in [0, 0.05) is 37.4 Å². The third-order valence-electron chi connectivity index (χ3n) is 4.80. The van der Waals surface area contributed by atoms with Crippen molar-refractivity contribution in [2.24, 2.45) is 4.99 Å². The number of guanidine groups is 1. The van der Waals surface area contributed by atoms with E-state index in [1.165, 1.54) is 11.3 Å². The molecule has 0 amide bonds. The van der Waals surface area contributed by atoms with Crippen LogP contribution in [0.5, 0.6) is 5.75 Å². The highest BCUT2D eigenvalue weighted by Crippen LogP contribution is 2.18. The molecule has 2 aromatic carbocycles. The van der Waals surface area contributed by atoms with Gasteiger partial charge in [0.05, 0.1) is 26.4 Å². The molecule has 0 aliphatic carbocycles. The normalized spacial score (nSPS) is 14.1. The summed E-state index contributed by atoms with van der Waals surface area (Å²) in [5.41, 5.74) is 3.56. The lowest BCUT2D eigenvalue weighted by atomic mass is 10.2. The van der Waals surface area contributed by atoms with E-state index >= 15 is 0 Å². The number of hydrogen-bond acceptors (Lipinski definition) is 4. The maximum absolute atomic E-state index is 5.71. The Balaban J connectivity index is 0.00000320. The summed E-state index contributed by atoms with van der Waals surface area (Å²) in [6.07, 6.45) is 0.